The molecule has 0 spiro atoms. The van der Waals surface area contributed by atoms with Crippen LogP contribution in [0.1, 0.15) is 12.8 Å². The Hall–Kier alpha value is -1.21. The SMILES string of the molecule is NCC1CCCN1c1ncc(Br)cc1[N+](=O)[O-]. The molecule has 0 radical (unpaired) electrons. The third-order valence-electron chi connectivity index (χ3n) is 2.93. The molecule has 0 saturated carbocycles. The van der Waals surface area contributed by atoms with Crippen LogP contribution in [-0.2, 0) is 0 Å². The predicted molar refractivity (Wildman–Crippen MR) is 68.0 cm³/mol. The van der Waals surface area contributed by atoms with Crippen LogP contribution in [0.2, 0.25) is 0 Å². The Morgan fingerprint density at radius 3 is 3.12 bits per heavy atom. The lowest BCUT2D eigenvalue weighted by Crippen LogP contribution is -2.36. The largest absolute Gasteiger partial charge is 0.347 e. The van der Waals surface area contributed by atoms with Crippen molar-refractivity contribution in [3.63, 3.8) is 0 Å². The maximum Gasteiger partial charge on any atom is 0.312 e. The highest BCUT2D eigenvalue weighted by molar-refractivity contribution is 9.10. The maximum atomic E-state index is 11.0. The van der Waals surface area contributed by atoms with Crippen molar-refractivity contribution in [2.24, 2.45) is 5.73 Å². The average molecular weight is 301 g/mol. The van der Waals surface area contributed by atoms with E-state index in [4.69, 9.17) is 5.73 Å². The summed E-state index contributed by atoms with van der Waals surface area (Å²) in [5.41, 5.74) is 5.70. The van der Waals surface area contributed by atoms with E-state index in [0.717, 1.165) is 19.4 Å². The Morgan fingerprint density at radius 1 is 1.71 bits per heavy atom. The number of anilines is 1. The monoisotopic (exact) mass is 300 g/mol. The van der Waals surface area contributed by atoms with Gasteiger partial charge in [-0.15, -0.1) is 0 Å². The summed E-state index contributed by atoms with van der Waals surface area (Å²) in [6.45, 7) is 1.27. The second-order valence-corrected chi connectivity index (χ2v) is 4.89. The van der Waals surface area contributed by atoms with Crippen LogP contribution in [0.25, 0.3) is 0 Å². The van der Waals surface area contributed by atoms with Gasteiger partial charge in [0.1, 0.15) is 0 Å². The lowest BCUT2D eigenvalue weighted by Gasteiger charge is -2.23. The van der Waals surface area contributed by atoms with E-state index < -0.39 is 4.92 Å². The number of hydrogen-bond donors (Lipinski definition) is 1. The smallest absolute Gasteiger partial charge is 0.312 e. The Labute approximate surface area is 107 Å². The summed E-state index contributed by atoms with van der Waals surface area (Å²) in [4.78, 5) is 16.7. The number of aromatic nitrogens is 1. The van der Waals surface area contributed by atoms with Crippen molar-refractivity contribution < 1.29 is 4.92 Å². The Kier molecular flexibility index (Phi) is 3.58. The first-order valence-corrected chi connectivity index (χ1v) is 6.19. The molecule has 2 heterocycles. The third-order valence-corrected chi connectivity index (χ3v) is 3.37. The molecule has 0 bridgehead atoms. The molecule has 2 rings (SSSR count). The molecule has 7 heteroatoms. The van der Waals surface area contributed by atoms with E-state index in [2.05, 4.69) is 20.9 Å². The Morgan fingerprint density at radius 2 is 2.47 bits per heavy atom. The van der Waals surface area contributed by atoms with Gasteiger partial charge in [-0.2, -0.15) is 0 Å². The van der Waals surface area contributed by atoms with Crippen LogP contribution in [0.15, 0.2) is 16.7 Å². The van der Waals surface area contributed by atoms with Crippen molar-refractivity contribution in [1.29, 1.82) is 0 Å². The van der Waals surface area contributed by atoms with Crippen LogP contribution in [0, 0.1) is 10.1 Å². The van der Waals surface area contributed by atoms with E-state index in [1.54, 1.807) is 6.20 Å². The number of nitrogens with two attached hydrogens (primary N) is 1. The Balaban J connectivity index is 2.40. The zero-order valence-corrected chi connectivity index (χ0v) is 10.8. The molecule has 0 aromatic carbocycles. The summed E-state index contributed by atoms with van der Waals surface area (Å²) in [5, 5.41) is 11.0. The summed E-state index contributed by atoms with van der Waals surface area (Å²) in [6.07, 6.45) is 3.54. The fourth-order valence-electron chi connectivity index (χ4n) is 2.14. The van der Waals surface area contributed by atoms with Gasteiger partial charge in [0.2, 0.25) is 5.82 Å². The fraction of sp³-hybridized carbons (Fsp3) is 0.500. The summed E-state index contributed by atoms with van der Waals surface area (Å²) in [6, 6.07) is 1.64. The molecule has 17 heavy (non-hydrogen) atoms. The van der Waals surface area contributed by atoms with E-state index in [1.165, 1.54) is 6.07 Å². The molecule has 1 fully saturated rings. The molecule has 1 aliphatic heterocycles. The maximum absolute atomic E-state index is 11.0. The first kappa shape index (κ1) is 12.3. The molecule has 1 aliphatic rings. The van der Waals surface area contributed by atoms with Gasteiger partial charge in [0.15, 0.2) is 0 Å². The van der Waals surface area contributed by atoms with E-state index in [0.29, 0.717) is 16.8 Å². The number of pyridine rings is 1. The molecular weight excluding hydrogens is 288 g/mol. The topological polar surface area (TPSA) is 85.3 Å². The van der Waals surface area contributed by atoms with Crippen LogP contribution in [0.5, 0.6) is 0 Å². The first-order chi connectivity index (χ1) is 8.13. The standard InChI is InChI=1S/C10H13BrN4O2/c11-7-4-9(15(16)17)10(13-6-7)14-3-1-2-8(14)5-12/h4,6,8H,1-3,5,12H2. The number of nitro groups is 1. The van der Waals surface area contributed by atoms with E-state index in [1.807, 2.05) is 4.90 Å². The lowest BCUT2D eigenvalue weighted by molar-refractivity contribution is -0.384. The molecule has 92 valence electrons. The molecule has 1 atom stereocenters. The minimum Gasteiger partial charge on any atom is -0.347 e. The number of nitrogens with zero attached hydrogens (tertiary/aromatic N) is 3. The minimum absolute atomic E-state index is 0.0275. The van der Waals surface area contributed by atoms with E-state index >= 15 is 0 Å². The van der Waals surface area contributed by atoms with Gasteiger partial charge in [-0.1, -0.05) is 0 Å². The van der Waals surface area contributed by atoms with Crippen LogP contribution in [0.4, 0.5) is 11.5 Å². The lowest BCUT2D eigenvalue weighted by atomic mass is 10.2. The van der Waals surface area contributed by atoms with E-state index in [-0.39, 0.29) is 11.7 Å². The van der Waals surface area contributed by atoms with Gasteiger partial charge in [-0.3, -0.25) is 10.1 Å². The third kappa shape index (κ3) is 2.39. The molecule has 0 aliphatic carbocycles. The second-order valence-electron chi connectivity index (χ2n) is 3.98. The highest BCUT2D eigenvalue weighted by atomic mass is 79.9. The predicted octanol–water partition coefficient (Wildman–Crippen LogP) is 1.68. The zero-order chi connectivity index (χ0) is 12.4. The molecule has 2 N–H and O–H groups in total. The van der Waals surface area contributed by atoms with Gasteiger partial charge in [0.05, 0.1) is 4.92 Å². The Bertz CT molecular complexity index is 440. The quantitative estimate of drug-likeness (QED) is 0.678. The summed E-state index contributed by atoms with van der Waals surface area (Å²) < 4.78 is 0.608. The van der Waals surface area contributed by atoms with Crippen LogP contribution < -0.4 is 10.6 Å². The molecule has 1 aromatic heterocycles. The van der Waals surface area contributed by atoms with Crippen molar-refractivity contribution in [3.8, 4) is 0 Å². The van der Waals surface area contributed by atoms with Crippen LogP contribution >= 0.6 is 15.9 Å². The van der Waals surface area contributed by atoms with Gasteiger partial charge < -0.3 is 10.6 Å². The van der Waals surface area contributed by atoms with E-state index in [9.17, 15) is 10.1 Å². The van der Waals surface area contributed by atoms with Gasteiger partial charge in [0.25, 0.3) is 0 Å². The average Bonchev–Trinajstić information content (AvgIpc) is 2.76. The second kappa shape index (κ2) is 4.97. The van der Waals surface area contributed by atoms with Gasteiger partial charge in [0, 0.05) is 35.9 Å². The van der Waals surface area contributed by atoms with Gasteiger partial charge >= 0.3 is 5.69 Å². The molecule has 1 unspecified atom stereocenters. The van der Waals surface area contributed by atoms with Crippen LogP contribution in [0.3, 0.4) is 0 Å². The van der Waals surface area contributed by atoms with Gasteiger partial charge in [-0.05, 0) is 28.8 Å². The minimum atomic E-state index is -0.404. The first-order valence-electron chi connectivity index (χ1n) is 5.40. The summed E-state index contributed by atoms with van der Waals surface area (Å²) in [5.74, 6) is 0.422. The number of rotatable bonds is 3. The normalized spacial score (nSPS) is 19.6. The highest BCUT2D eigenvalue weighted by Crippen LogP contribution is 2.32. The summed E-state index contributed by atoms with van der Waals surface area (Å²) >= 11 is 3.20. The molecular formula is C10H13BrN4O2. The number of hydrogen-bond acceptors (Lipinski definition) is 5. The fourth-order valence-corrected chi connectivity index (χ4v) is 2.46. The summed E-state index contributed by atoms with van der Waals surface area (Å²) in [7, 11) is 0. The number of halogens is 1. The van der Waals surface area contributed by atoms with Gasteiger partial charge in [-0.25, -0.2) is 4.98 Å². The van der Waals surface area contributed by atoms with Crippen molar-refractivity contribution in [1.82, 2.24) is 4.98 Å². The molecule has 0 amide bonds. The molecule has 1 saturated heterocycles. The van der Waals surface area contributed by atoms with Crippen molar-refractivity contribution in [2.45, 2.75) is 18.9 Å². The van der Waals surface area contributed by atoms with Crippen LogP contribution in [-0.4, -0.2) is 29.0 Å². The molecule has 6 nitrogen and oxygen atoms in total. The van der Waals surface area contributed by atoms with Crippen molar-refractivity contribution in [2.75, 3.05) is 18.0 Å². The highest BCUT2D eigenvalue weighted by Gasteiger charge is 2.30. The zero-order valence-electron chi connectivity index (χ0n) is 9.17. The molecule has 1 aromatic rings. The van der Waals surface area contributed by atoms with Crippen molar-refractivity contribution >= 4 is 27.4 Å². The van der Waals surface area contributed by atoms with Crippen molar-refractivity contribution in [3.05, 3.63) is 26.9 Å².